The van der Waals surface area contributed by atoms with Crippen LogP contribution in [0.4, 0.5) is 0 Å². The molecule has 128 valence electrons. The van der Waals surface area contributed by atoms with E-state index in [1.807, 2.05) is 30.0 Å². The van der Waals surface area contributed by atoms with Gasteiger partial charge in [0.2, 0.25) is 5.91 Å². The minimum Gasteiger partial charge on any atom is -0.375 e. The lowest BCUT2D eigenvalue weighted by Gasteiger charge is -2.28. The third-order valence-corrected chi connectivity index (χ3v) is 5.41. The molecule has 2 aliphatic rings. The van der Waals surface area contributed by atoms with Crippen molar-refractivity contribution >= 4 is 28.5 Å². The van der Waals surface area contributed by atoms with Crippen LogP contribution in [-0.4, -0.2) is 39.5 Å². The second-order valence-corrected chi connectivity index (χ2v) is 7.54. The van der Waals surface area contributed by atoms with Crippen LogP contribution in [0.15, 0.2) is 18.2 Å². The summed E-state index contributed by atoms with van der Waals surface area (Å²) in [5, 5.41) is 0.684. The molecule has 2 fully saturated rings. The standard InChI is InChI=1S/C18H22ClN3O2/c1-18(7-3-9-24-18)11-16(23)22-8-2-4-15(22)17-20-13-6-5-12(19)10-14(13)21-17/h5-6,10,15H,2-4,7-9,11H2,1H3,(H,20,21). The largest absolute Gasteiger partial charge is 0.375 e. The van der Waals surface area contributed by atoms with Crippen molar-refractivity contribution in [1.82, 2.24) is 14.9 Å². The number of likely N-dealkylation sites (tertiary alicyclic amines) is 1. The van der Waals surface area contributed by atoms with Gasteiger partial charge in [-0.2, -0.15) is 0 Å². The molecule has 0 saturated carbocycles. The number of aromatic amines is 1. The van der Waals surface area contributed by atoms with Crippen LogP contribution in [0.3, 0.4) is 0 Å². The number of nitrogens with one attached hydrogen (secondary N) is 1. The van der Waals surface area contributed by atoms with Gasteiger partial charge in [-0.25, -0.2) is 4.98 Å². The molecule has 3 heterocycles. The van der Waals surface area contributed by atoms with Crippen molar-refractivity contribution in [2.75, 3.05) is 13.2 Å². The SMILES string of the molecule is CC1(CC(=O)N2CCCC2c2nc3ccc(Cl)cc3[nH]2)CCCO1. The molecule has 2 unspecified atom stereocenters. The number of amides is 1. The van der Waals surface area contributed by atoms with Crippen molar-refractivity contribution in [1.29, 1.82) is 0 Å². The van der Waals surface area contributed by atoms with Crippen molar-refractivity contribution in [2.45, 2.75) is 50.7 Å². The van der Waals surface area contributed by atoms with Crippen LogP contribution in [0.2, 0.25) is 5.02 Å². The van der Waals surface area contributed by atoms with Crippen LogP contribution in [-0.2, 0) is 9.53 Å². The molecule has 0 spiro atoms. The highest BCUT2D eigenvalue weighted by Crippen LogP contribution is 2.35. The van der Waals surface area contributed by atoms with Gasteiger partial charge in [0.05, 0.1) is 29.1 Å². The number of hydrogen-bond donors (Lipinski definition) is 1. The fraction of sp³-hybridized carbons (Fsp3) is 0.556. The molecule has 1 aromatic carbocycles. The number of halogens is 1. The summed E-state index contributed by atoms with van der Waals surface area (Å²) in [6.45, 7) is 3.60. The lowest BCUT2D eigenvalue weighted by atomic mass is 9.97. The van der Waals surface area contributed by atoms with Crippen molar-refractivity contribution in [3.8, 4) is 0 Å². The van der Waals surface area contributed by atoms with E-state index in [9.17, 15) is 4.79 Å². The van der Waals surface area contributed by atoms with Gasteiger partial charge in [-0.1, -0.05) is 11.6 Å². The summed E-state index contributed by atoms with van der Waals surface area (Å²) in [7, 11) is 0. The highest BCUT2D eigenvalue weighted by molar-refractivity contribution is 6.31. The van der Waals surface area contributed by atoms with E-state index >= 15 is 0 Å². The number of imidazole rings is 1. The zero-order chi connectivity index (χ0) is 16.7. The Labute approximate surface area is 146 Å². The molecule has 1 aromatic heterocycles. The Hall–Kier alpha value is -1.59. The van der Waals surface area contributed by atoms with Crippen LogP contribution < -0.4 is 0 Å². The molecule has 1 amide bonds. The summed E-state index contributed by atoms with van der Waals surface area (Å²) in [4.78, 5) is 22.8. The number of ether oxygens (including phenoxy) is 1. The van der Waals surface area contributed by atoms with E-state index in [1.54, 1.807) is 0 Å². The Balaban J connectivity index is 1.56. The van der Waals surface area contributed by atoms with Gasteiger partial charge in [0, 0.05) is 18.2 Å². The van der Waals surface area contributed by atoms with Gasteiger partial charge in [-0.3, -0.25) is 4.79 Å². The number of H-pyrrole nitrogens is 1. The summed E-state index contributed by atoms with van der Waals surface area (Å²) in [6.07, 6.45) is 4.40. The average Bonchev–Trinajstić information content (AvgIpc) is 3.24. The van der Waals surface area contributed by atoms with Crippen LogP contribution in [0, 0.1) is 0 Å². The van der Waals surface area contributed by atoms with Gasteiger partial charge >= 0.3 is 0 Å². The van der Waals surface area contributed by atoms with Crippen molar-refractivity contribution in [2.24, 2.45) is 0 Å². The molecule has 2 aliphatic heterocycles. The number of benzene rings is 1. The molecule has 0 bridgehead atoms. The first-order valence-corrected chi connectivity index (χ1v) is 9.00. The monoisotopic (exact) mass is 347 g/mol. The number of nitrogens with zero attached hydrogens (tertiary/aromatic N) is 2. The van der Waals surface area contributed by atoms with Crippen LogP contribution in [0.25, 0.3) is 11.0 Å². The smallest absolute Gasteiger partial charge is 0.226 e. The third kappa shape index (κ3) is 2.91. The second kappa shape index (κ2) is 6.05. The van der Waals surface area contributed by atoms with E-state index in [4.69, 9.17) is 16.3 Å². The van der Waals surface area contributed by atoms with Gasteiger partial charge < -0.3 is 14.6 Å². The Bertz CT molecular complexity index is 767. The molecule has 1 N–H and O–H groups in total. The zero-order valence-electron chi connectivity index (χ0n) is 13.8. The number of hydrogen-bond acceptors (Lipinski definition) is 3. The van der Waals surface area contributed by atoms with Crippen molar-refractivity contribution in [3.63, 3.8) is 0 Å². The molecule has 2 saturated heterocycles. The number of rotatable bonds is 3. The maximum atomic E-state index is 12.8. The average molecular weight is 348 g/mol. The molecule has 6 heteroatoms. The lowest BCUT2D eigenvalue weighted by molar-refractivity contribution is -0.137. The molecule has 2 atom stereocenters. The van der Waals surface area contributed by atoms with Crippen LogP contribution in [0.1, 0.15) is 50.9 Å². The summed E-state index contributed by atoms with van der Waals surface area (Å²) in [6, 6.07) is 5.65. The topological polar surface area (TPSA) is 58.2 Å². The summed E-state index contributed by atoms with van der Waals surface area (Å²) in [5.74, 6) is 1.02. The van der Waals surface area contributed by atoms with E-state index < -0.39 is 0 Å². The summed E-state index contributed by atoms with van der Waals surface area (Å²) < 4.78 is 5.79. The fourth-order valence-electron chi connectivity index (χ4n) is 3.91. The Kier molecular flexibility index (Phi) is 4.01. The first-order chi connectivity index (χ1) is 11.5. The summed E-state index contributed by atoms with van der Waals surface area (Å²) in [5.41, 5.74) is 1.51. The van der Waals surface area contributed by atoms with Gasteiger partial charge in [-0.05, 0) is 50.8 Å². The van der Waals surface area contributed by atoms with Crippen molar-refractivity contribution in [3.05, 3.63) is 29.0 Å². The number of carbonyl (C=O) groups excluding carboxylic acids is 1. The van der Waals surface area contributed by atoms with Crippen LogP contribution in [0.5, 0.6) is 0 Å². The van der Waals surface area contributed by atoms with Gasteiger partial charge in [0.1, 0.15) is 5.82 Å². The Morgan fingerprint density at radius 1 is 1.50 bits per heavy atom. The Morgan fingerprint density at radius 2 is 2.38 bits per heavy atom. The normalized spacial score (nSPS) is 27.2. The van der Waals surface area contributed by atoms with E-state index in [0.29, 0.717) is 11.4 Å². The maximum Gasteiger partial charge on any atom is 0.226 e. The molecule has 5 nitrogen and oxygen atoms in total. The Morgan fingerprint density at radius 3 is 3.17 bits per heavy atom. The first-order valence-electron chi connectivity index (χ1n) is 8.63. The number of fused-ring (bicyclic) bond motifs is 1. The number of aromatic nitrogens is 2. The van der Waals surface area contributed by atoms with Gasteiger partial charge in [0.15, 0.2) is 0 Å². The highest BCUT2D eigenvalue weighted by atomic mass is 35.5. The van der Waals surface area contributed by atoms with E-state index in [-0.39, 0.29) is 17.6 Å². The highest BCUT2D eigenvalue weighted by Gasteiger charge is 2.38. The first kappa shape index (κ1) is 15.9. The molecule has 0 radical (unpaired) electrons. The molecule has 24 heavy (non-hydrogen) atoms. The minimum atomic E-state index is -0.300. The maximum absolute atomic E-state index is 12.8. The van der Waals surface area contributed by atoms with Crippen LogP contribution >= 0.6 is 11.6 Å². The predicted octanol–water partition coefficient (Wildman–Crippen LogP) is 3.84. The molecular weight excluding hydrogens is 326 g/mol. The molecule has 4 rings (SSSR count). The van der Waals surface area contributed by atoms with E-state index in [1.165, 1.54) is 0 Å². The van der Waals surface area contributed by atoms with Gasteiger partial charge in [0.25, 0.3) is 0 Å². The third-order valence-electron chi connectivity index (χ3n) is 5.18. The second-order valence-electron chi connectivity index (χ2n) is 7.11. The van der Waals surface area contributed by atoms with E-state index in [0.717, 1.165) is 55.7 Å². The van der Waals surface area contributed by atoms with E-state index in [2.05, 4.69) is 9.97 Å². The number of carbonyl (C=O) groups is 1. The lowest BCUT2D eigenvalue weighted by Crippen LogP contribution is -2.37. The predicted molar refractivity (Wildman–Crippen MR) is 93.0 cm³/mol. The van der Waals surface area contributed by atoms with Crippen molar-refractivity contribution < 1.29 is 9.53 Å². The fourth-order valence-corrected chi connectivity index (χ4v) is 4.08. The molecular formula is C18H22ClN3O2. The summed E-state index contributed by atoms with van der Waals surface area (Å²) >= 11 is 6.05. The quantitative estimate of drug-likeness (QED) is 0.917. The van der Waals surface area contributed by atoms with Gasteiger partial charge in [-0.15, -0.1) is 0 Å². The molecule has 2 aromatic rings. The zero-order valence-corrected chi connectivity index (χ0v) is 14.6. The minimum absolute atomic E-state index is 0.0219. The molecule has 0 aliphatic carbocycles.